The highest BCUT2D eigenvalue weighted by molar-refractivity contribution is 5.92. The molecule has 1 amide bonds. The van der Waals surface area contributed by atoms with Crippen molar-refractivity contribution >= 4 is 17.3 Å². The normalized spacial score (nSPS) is 10.1. The molecule has 20 heavy (non-hydrogen) atoms. The number of benzene rings is 2. The molecule has 0 aliphatic carbocycles. The van der Waals surface area contributed by atoms with Crippen LogP contribution in [0.25, 0.3) is 0 Å². The molecule has 2 rings (SSSR count). The predicted molar refractivity (Wildman–Crippen MR) is 80.9 cm³/mol. The fourth-order valence-electron chi connectivity index (χ4n) is 1.70. The van der Waals surface area contributed by atoms with E-state index in [1.54, 1.807) is 6.07 Å². The Balaban J connectivity index is 1.89. The molecule has 3 N–H and O–H groups in total. The van der Waals surface area contributed by atoms with E-state index in [9.17, 15) is 4.79 Å². The van der Waals surface area contributed by atoms with Crippen LogP contribution in [0.2, 0.25) is 0 Å². The van der Waals surface area contributed by atoms with Gasteiger partial charge in [0.25, 0.3) is 5.91 Å². The lowest BCUT2D eigenvalue weighted by atomic mass is 10.2. The molecule has 104 valence electrons. The average Bonchev–Trinajstić information content (AvgIpc) is 2.42. The summed E-state index contributed by atoms with van der Waals surface area (Å²) in [6.07, 6.45) is 0. The summed E-state index contributed by atoms with van der Waals surface area (Å²) < 4.78 is 5.41. The summed E-state index contributed by atoms with van der Waals surface area (Å²) in [5.74, 6) is 0.461. The number of nitrogens with one attached hydrogen (secondary N) is 1. The van der Waals surface area contributed by atoms with Crippen molar-refractivity contribution in [2.24, 2.45) is 0 Å². The number of anilines is 2. The Hall–Kier alpha value is -2.49. The second-order valence-electron chi connectivity index (χ2n) is 4.72. The largest absolute Gasteiger partial charge is 0.484 e. The molecule has 0 fully saturated rings. The topological polar surface area (TPSA) is 64.3 Å². The van der Waals surface area contributed by atoms with Crippen molar-refractivity contribution < 1.29 is 9.53 Å². The van der Waals surface area contributed by atoms with Gasteiger partial charge >= 0.3 is 0 Å². The van der Waals surface area contributed by atoms with Gasteiger partial charge in [0.05, 0.1) is 0 Å². The van der Waals surface area contributed by atoms with Crippen molar-refractivity contribution in [1.82, 2.24) is 0 Å². The van der Waals surface area contributed by atoms with E-state index in [0.717, 1.165) is 11.1 Å². The maximum atomic E-state index is 11.8. The second-order valence-corrected chi connectivity index (χ2v) is 4.72. The lowest BCUT2D eigenvalue weighted by Crippen LogP contribution is -2.20. The minimum atomic E-state index is -0.214. The van der Waals surface area contributed by atoms with Gasteiger partial charge in [0.15, 0.2) is 6.61 Å². The van der Waals surface area contributed by atoms with E-state index in [1.807, 2.05) is 50.2 Å². The van der Waals surface area contributed by atoms with Crippen LogP contribution < -0.4 is 15.8 Å². The first-order valence-electron chi connectivity index (χ1n) is 6.40. The SMILES string of the molecule is Cc1ccc(OCC(=O)Nc2ccc(C)c(N)c2)cc1. The van der Waals surface area contributed by atoms with E-state index in [4.69, 9.17) is 10.5 Å². The molecule has 0 atom stereocenters. The van der Waals surface area contributed by atoms with E-state index in [0.29, 0.717) is 17.1 Å². The Morgan fingerprint density at radius 2 is 1.85 bits per heavy atom. The number of carbonyl (C=O) groups excluding carboxylic acids is 1. The third-order valence-corrected chi connectivity index (χ3v) is 2.95. The molecule has 0 saturated carbocycles. The molecule has 0 aliphatic heterocycles. The fraction of sp³-hybridized carbons (Fsp3) is 0.188. The zero-order valence-corrected chi connectivity index (χ0v) is 11.6. The van der Waals surface area contributed by atoms with E-state index in [1.165, 1.54) is 0 Å². The van der Waals surface area contributed by atoms with E-state index < -0.39 is 0 Å². The molecule has 2 aromatic carbocycles. The van der Waals surface area contributed by atoms with Gasteiger partial charge in [-0.15, -0.1) is 0 Å². The summed E-state index contributed by atoms with van der Waals surface area (Å²) in [6, 6.07) is 13.0. The summed E-state index contributed by atoms with van der Waals surface area (Å²) in [4.78, 5) is 11.8. The van der Waals surface area contributed by atoms with Crippen LogP contribution in [0.15, 0.2) is 42.5 Å². The standard InChI is InChI=1S/C16H18N2O2/c1-11-3-7-14(8-4-11)20-10-16(19)18-13-6-5-12(2)15(17)9-13/h3-9H,10,17H2,1-2H3,(H,18,19). The molecule has 0 spiro atoms. The molecule has 0 heterocycles. The number of hydrogen-bond donors (Lipinski definition) is 2. The van der Waals surface area contributed by atoms with Gasteiger partial charge in [0, 0.05) is 11.4 Å². The Morgan fingerprint density at radius 1 is 1.15 bits per heavy atom. The highest BCUT2D eigenvalue weighted by Crippen LogP contribution is 2.17. The summed E-state index contributed by atoms with van der Waals surface area (Å²) in [6.45, 7) is 3.89. The summed E-state index contributed by atoms with van der Waals surface area (Å²) in [7, 11) is 0. The molecule has 0 bridgehead atoms. The number of aryl methyl sites for hydroxylation is 2. The second kappa shape index (κ2) is 6.10. The maximum absolute atomic E-state index is 11.8. The van der Waals surface area contributed by atoms with Crippen molar-refractivity contribution in [2.45, 2.75) is 13.8 Å². The van der Waals surface area contributed by atoms with Gasteiger partial charge in [-0.25, -0.2) is 0 Å². The molecule has 4 nitrogen and oxygen atoms in total. The van der Waals surface area contributed by atoms with E-state index >= 15 is 0 Å². The third-order valence-electron chi connectivity index (χ3n) is 2.95. The quantitative estimate of drug-likeness (QED) is 0.840. The van der Waals surface area contributed by atoms with Crippen molar-refractivity contribution in [3.63, 3.8) is 0 Å². The number of nitrogens with two attached hydrogens (primary N) is 1. The van der Waals surface area contributed by atoms with Gasteiger partial charge in [-0.1, -0.05) is 23.8 Å². The average molecular weight is 270 g/mol. The lowest BCUT2D eigenvalue weighted by molar-refractivity contribution is -0.118. The van der Waals surface area contributed by atoms with Crippen molar-refractivity contribution in [3.05, 3.63) is 53.6 Å². The van der Waals surface area contributed by atoms with Crippen LogP contribution in [0.5, 0.6) is 5.75 Å². The first-order chi connectivity index (χ1) is 9.54. The first-order valence-corrected chi connectivity index (χ1v) is 6.40. The Morgan fingerprint density at radius 3 is 2.50 bits per heavy atom. The first kappa shape index (κ1) is 13.9. The Kier molecular flexibility index (Phi) is 4.25. The van der Waals surface area contributed by atoms with Crippen LogP contribution in [0, 0.1) is 13.8 Å². The van der Waals surface area contributed by atoms with Crippen LogP contribution in [-0.4, -0.2) is 12.5 Å². The number of hydrogen-bond acceptors (Lipinski definition) is 3. The number of carbonyl (C=O) groups is 1. The van der Waals surface area contributed by atoms with Gasteiger partial charge in [-0.3, -0.25) is 4.79 Å². The number of nitrogen functional groups attached to an aromatic ring is 1. The smallest absolute Gasteiger partial charge is 0.262 e. The highest BCUT2D eigenvalue weighted by Gasteiger charge is 2.04. The van der Waals surface area contributed by atoms with Gasteiger partial charge < -0.3 is 15.8 Å². The van der Waals surface area contributed by atoms with Gasteiger partial charge in [0.1, 0.15) is 5.75 Å². The van der Waals surface area contributed by atoms with E-state index in [-0.39, 0.29) is 12.5 Å². The molecular weight excluding hydrogens is 252 g/mol. The molecule has 0 radical (unpaired) electrons. The minimum Gasteiger partial charge on any atom is -0.484 e. The molecule has 0 saturated heterocycles. The molecule has 2 aromatic rings. The summed E-state index contributed by atoms with van der Waals surface area (Å²) in [5.41, 5.74) is 9.25. The number of rotatable bonds is 4. The number of ether oxygens (including phenoxy) is 1. The lowest BCUT2D eigenvalue weighted by Gasteiger charge is -2.09. The molecular formula is C16H18N2O2. The fourth-order valence-corrected chi connectivity index (χ4v) is 1.70. The van der Waals surface area contributed by atoms with Gasteiger partial charge in [0.2, 0.25) is 0 Å². The molecule has 0 unspecified atom stereocenters. The molecule has 0 aromatic heterocycles. The zero-order valence-electron chi connectivity index (χ0n) is 11.6. The van der Waals surface area contributed by atoms with Crippen LogP contribution in [-0.2, 0) is 4.79 Å². The molecule has 4 heteroatoms. The minimum absolute atomic E-state index is 0.0309. The van der Waals surface area contributed by atoms with Crippen LogP contribution in [0.1, 0.15) is 11.1 Å². The van der Waals surface area contributed by atoms with Crippen LogP contribution in [0.3, 0.4) is 0 Å². The Bertz CT molecular complexity index is 606. The van der Waals surface area contributed by atoms with Crippen molar-refractivity contribution in [1.29, 1.82) is 0 Å². The predicted octanol–water partition coefficient (Wildman–Crippen LogP) is 2.90. The van der Waals surface area contributed by atoms with Crippen LogP contribution >= 0.6 is 0 Å². The monoisotopic (exact) mass is 270 g/mol. The summed E-state index contributed by atoms with van der Waals surface area (Å²) >= 11 is 0. The maximum Gasteiger partial charge on any atom is 0.262 e. The van der Waals surface area contributed by atoms with Crippen LogP contribution in [0.4, 0.5) is 11.4 Å². The number of amides is 1. The third kappa shape index (κ3) is 3.75. The van der Waals surface area contributed by atoms with Gasteiger partial charge in [-0.05, 0) is 43.7 Å². The highest BCUT2D eigenvalue weighted by atomic mass is 16.5. The summed E-state index contributed by atoms with van der Waals surface area (Å²) in [5, 5.41) is 2.75. The van der Waals surface area contributed by atoms with Gasteiger partial charge in [-0.2, -0.15) is 0 Å². The zero-order chi connectivity index (χ0) is 14.5. The molecule has 0 aliphatic rings. The van der Waals surface area contributed by atoms with Crippen molar-refractivity contribution in [3.8, 4) is 5.75 Å². The van der Waals surface area contributed by atoms with Crippen molar-refractivity contribution in [2.75, 3.05) is 17.7 Å². The Labute approximate surface area is 118 Å². The van der Waals surface area contributed by atoms with E-state index in [2.05, 4.69) is 5.32 Å².